The molecule has 0 aliphatic carbocycles. The summed E-state index contributed by atoms with van der Waals surface area (Å²) in [5.41, 5.74) is -0.250. The van der Waals surface area contributed by atoms with Gasteiger partial charge in [0.1, 0.15) is 18.4 Å². The first kappa shape index (κ1) is 25.9. The zero-order chi connectivity index (χ0) is 24.2. The number of nitrogens with zero attached hydrogens (tertiary/aromatic N) is 1. The van der Waals surface area contributed by atoms with Crippen LogP contribution in [0.25, 0.3) is 0 Å². The average molecular weight is 461 g/mol. The van der Waals surface area contributed by atoms with Gasteiger partial charge in [-0.1, -0.05) is 32.0 Å². The lowest BCUT2D eigenvalue weighted by molar-refractivity contribution is -0.157. The van der Waals surface area contributed by atoms with Crippen molar-refractivity contribution in [3.05, 3.63) is 48.3 Å². The minimum absolute atomic E-state index is 0.102. The average Bonchev–Trinajstić information content (AvgIpc) is 2.83. The lowest BCUT2D eigenvalue weighted by Crippen LogP contribution is -2.45. The van der Waals surface area contributed by atoms with Crippen LogP contribution in [0.2, 0.25) is 0 Å². The standard InChI is InChI=1S/C24H32N2O7/c1-5-14-31-18(6-2)23(33-17-10-8-7-9-11-17)16(3)32-20(27)15-26-24(29)21-22(28)19(30-4)12-13-25-21/h7-13,16,18,23,28H,5-6,14-15H2,1-4H3,(H,26,29)/t16-,18-,23-/m0/s1. The summed E-state index contributed by atoms with van der Waals surface area (Å²) in [6.45, 7) is 5.86. The molecule has 33 heavy (non-hydrogen) atoms. The van der Waals surface area contributed by atoms with Gasteiger partial charge in [0.25, 0.3) is 5.91 Å². The maximum absolute atomic E-state index is 12.4. The molecular weight excluding hydrogens is 428 g/mol. The number of benzene rings is 1. The molecule has 1 heterocycles. The van der Waals surface area contributed by atoms with Crippen molar-refractivity contribution in [1.29, 1.82) is 0 Å². The topological polar surface area (TPSA) is 116 Å². The Morgan fingerprint density at radius 3 is 2.52 bits per heavy atom. The number of hydrogen-bond donors (Lipinski definition) is 2. The van der Waals surface area contributed by atoms with Gasteiger partial charge in [-0.05, 0) is 31.9 Å². The SMILES string of the molecule is CCCO[C@@H](CC)[C@@H](Oc1ccccc1)[C@H](C)OC(=O)CNC(=O)c1nccc(OC)c1O. The van der Waals surface area contributed by atoms with E-state index in [1.807, 2.05) is 44.2 Å². The summed E-state index contributed by atoms with van der Waals surface area (Å²) in [7, 11) is 1.36. The van der Waals surface area contributed by atoms with E-state index in [4.69, 9.17) is 18.9 Å². The molecule has 3 atom stereocenters. The van der Waals surface area contributed by atoms with E-state index in [2.05, 4.69) is 10.3 Å². The van der Waals surface area contributed by atoms with Crippen molar-refractivity contribution in [2.75, 3.05) is 20.3 Å². The largest absolute Gasteiger partial charge is 0.503 e. The van der Waals surface area contributed by atoms with Crippen LogP contribution in [0.1, 0.15) is 44.1 Å². The van der Waals surface area contributed by atoms with Gasteiger partial charge in [0.05, 0.1) is 13.2 Å². The molecule has 2 rings (SSSR count). The van der Waals surface area contributed by atoms with Gasteiger partial charge in [0.2, 0.25) is 0 Å². The quantitative estimate of drug-likeness (QED) is 0.438. The second kappa shape index (κ2) is 13.3. The Kier molecular flexibility index (Phi) is 10.4. The molecule has 0 spiro atoms. The second-order valence-corrected chi connectivity index (χ2v) is 7.30. The van der Waals surface area contributed by atoms with Crippen molar-refractivity contribution in [1.82, 2.24) is 10.3 Å². The fourth-order valence-electron chi connectivity index (χ4n) is 3.16. The molecule has 0 aliphatic heterocycles. The Labute approximate surface area is 194 Å². The summed E-state index contributed by atoms with van der Waals surface area (Å²) in [5, 5.41) is 12.4. The molecule has 0 bridgehead atoms. The molecule has 0 saturated heterocycles. The highest BCUT2D eigenvalue weighted by atomic mass is 16.6. The number of esters is 1. The van der Waals surface area contributed by atoms with Gasteiger partial charge < -0.3 is 29.4 Å². The fourth-order valence-corrected chi connectivity index (χ4v) is 3.16. The molecule has 0 saturated carbocycles. The number of ether oxygens (including phenoxy) is 4. The van der Waals surface area contributed by atoms with E-state index in [1.54, 1.807) is 6.92 Å². The van der Waals surface area contributed by atoms with Crippen LogP contribution in [0.5, 0.6) is 17.2 Å². The summed E-state index contributed by atoms with van der Waals surface area (Å²) in [6, 6.07) is 10.7. The predicted octanol–water partition coefficient (Wildman–Crippen LogP) is 3.11. The van der Waals surface area contributed by atoms with Gasteiger partial charge in [-0.3, -0.25) is 9.59 Å². The van der Waals surface area contributed by atoms with Crippen molar-refractivity contribution in [3.63, 3.8) is 0 Å². The lowest BCUT2D eigenvalue weighted by Gasteiger charge is -2.31. The molecule has 180 valence electrons. The van der Waals surface area contributed by atoms with Crippen LogP contribution in [0.3, 0.4) is 0 Å². The zero-order valence-corrected chi connectivity index (χ0v) is 19.4. The van der Waals surface area contributed by atoms with E-state index in [0.717, 1.165) is 6.42 Å². The van der Waals surface area contributed by atoms with Gasteiger partial charge in [-0.2, -0.15) is 0 Å². The molecule has 9 heteroatoms. The summed E-state index contributed by atoms with van der Waals surface area (Å²) in [6.07, 6.45) is 1.34. The first-order chi connectivity index (χ1) is 15.9. The summed E-state index contributed by atoms with van der Waals surface area (Å²) < 4.78 is 22.6. The summed E-state index contributed by atoms with van der Waals surface area (Å²) in [4.78, 5) is 28.6. The molecule has 0 aliphatic rings. The highest BCUT2D eigenvalue weighted by Crippen LogP contribution is 2.27. The Morgan fingerprint density at radius 1 is 1.15 bits per heavy atom. The highest BCUT2D eigenvalue weighted by molar-refractivity contribution is 5.97. The van der Waals surface area contributed by atoms with Crippen molar-refractivity contribution < 1.29 is 33.6 Å². The molecule has 1 aromatic carbocycles. The Morgan fingerprint density at radius 2 is 1.88 bits per heavy atom. The third kappa shape index (κ3) is 7.64. The number of para-hydroxylation sites is 1. The van der Waals surface area contributed by atoms with Crippen LogP contribution >= 0.6 is 0 Å². The normalized spacial score (nSPS) is 13.5. The molecular formula is C24H32N2O7. The Bertz CT molecular complexity index is 892. The number of hydrogen-bond acceptors (Lipinski definition) is 8. The molecule has 1 aromatic heterocycles. The van der Waals surface area contributed by atoms with Gasteiger partial charge in [-0.25, -0.2) is 4.98 Å². The predicted molar refractivity (Wildman–Crippen MR) is 122 cm³/mol. The third-order valence-electron chi connectivity index (χ3n) is 4.82. The molecule has 2 N–H and O–H groups in total. The molecule has 1 amide bonds. The van der Waals surface area contributed by atoms with E-state index in [1.165, 1.54) is 19.4 Å². The number of rotatable bonds is 13. The maximum atomic E-state index is 12.4. The monoisotopic (exact) mass is 460 g/mol. The van der Waals surface area contributed by atoms with Gasteiger partial charge in [0, 0.05) is 18.9 Å². The maximum Gasteiger partial charge on any atom is 0.325 e. The van der Waals surface area contributed by atoms with Gasteiger partial charge in [0.15, 0.2) is 23.3 Å². The number of aromatic nitrogens is 1. The van der Waals surface area contributed by atoms with Crippen molar-refractivity contribution in [2.45, 2.75) is 51.9 Å². The summed E-state index contributed by atoms with van der Waals surface area (Å²) in [5.74, 6) is -1.06. The molecule has 0 radical (unpaired) electrons. The van der Waals surface area contributed by atoms with E-state index in [0.29, 0.717) is 18.8 Å². The Balaban J connectivity index is 2.02. The number of carbonyl (C=O) groups excluding carboxylic acids is 2. The summed E-state index contributed by atoms with van der Waals surface area (Å²) >= 11 is 0. The van der Waals surface area contributed by atoms with Crippen LogP contribution in [0.4, 0.5) is 0 Å². The smallest absolute Gasteiger partial charge is 0.325 e. The number of amides is 1. The van der Waals surface area contributed by atoms with Gasteiger partial charge in [-0.15, -0.1) is 0 Å². The van der Waals surface area contributed by atoms with Crippen LogP contribution in [-0.2, 0) is 14.3 Å². The highest BCUT2D eigenvalue weighted by Gasteiger charge is 2.31. The van der Waals surface area contributed by atoms with Crippen molar-refractivity contribution in [2.24, 2.45) is 0 Å². The molecule has 0 fully saturated rings. The number of pyridine rings is 1. The molecule has 0 unspecified atom stereocenters. The van der Waals surface area contributed by atoms with E-state index >= 15 is 0 Å². The van der Waals surface area contributed by atoms with Crippen molar-refractivity contribution >= 4 is 11.9 Å². The van der Waals surface area contributed by atoms with E-state index < -0.39 is 36.4 Å². The number of methoxy groups -OCH3 is 1. The zero-order valence-electron chi connectivity index (χ0n) is 19.4. The number of carbonyl (C=O) groups is 2. The first-order valence-electron chi connectivity index (χ1n) is 10.9. The number of nitrogens with one attached hydrogen (secondary N) is 1. The fraction of sp³-hybridized carbons (Fsp3) is 0.458. The lowest BCUT2D eigenvalue weighted by atomic mass is 10.1. The molecule has 9 nitrogen and oxygen atoms in total. The number of aromatic hydroxyl groups is 1. The van der Waals surface area contributed by atoms with Crippen LogP contribution < -0.4 is 14.8 Å². The van der Waals surface area contributed by atoms with Crippen molar-refractivity contribution in [3.8, 4) is 17.2 Å². The van der Waals surface area contributed by atoms with E-state index in [-0.39, 0.29) is 17.5 Å². The van der Waals surface area contributed by atoms with E-state index in [9.17, 15) is 14.7 Å². The van der Waals surface area contributed by atoms with Crippen LogP contribution in [-0.4, -0.2) is 60.5 Å². The Hall–Kier alpha value is -3.33. The minimum Gasteiger partial charge on any atom is -0.503 e. The van der Waals surface area contributed by atoms with Gasteiger partial charge >= 0.3 is 5.97 Å². The second-order valence-electron chi connectivity index (χ2n) is 7.30. The third-order valence-corrected chi connectivity index (χ3v) is 4.82. The van der Waals surface area contributed by atoms with Crippen LogP contribution in [0, 0.1) is 0 Å². The first-order valence-corrected chi connectivity index (χ1v) is 10.9. The minimum atomic E-state index is -0.731. The molecule has 2 aromatic rings. The van der Waals surface area contributed by atoms with Crippen LogP contribution in [0.15, 0.2) is 42.6 Å².